The van der Waals surface area contributed by atoms with Crippen molar-refractivity contribution in [2.75, 3.05) is 19.6 Å². The highest BCUT2D eigenvalue weighted by Crippen LogP contribution is 2.27. The number of nitrogens with one attached hydrogen (secondary N) is 1. The number of nitrogens with zero attached hydrogens (tertiary/aromatic N) is 1. The average Bonchev–Trinajstić information content (AvgIpc) is 2.63. The van der Waals surface area contributed by atoms with E-state index < -0.39 is 0 Å². The lowest BCUT2D eigenvalue weighted by Crippen LogP contribution is -2.43. The summed E-state index contributed by atoms with van der Waals surface area (Å²) < 4.78 is 6.27. The number of likely N-dealkylation sites (tertiary alicyclic amines) is 1. The molecule has 1 saturated heterocycles. The Labute approximate surface area is 149 Å². The number of hydrogen-bond acceptors (Lipinski definition) is 3. The summed E-state index contributed by atoms with van der Waals surface area (Å²) in [5.41, 5.74) is -0.0413. The Balaban J connectivity index is 1.39. The van der Waals surface area contributed by atoms with Gasteiger partial charge in [-0.1, -0.05) is 19.3 Å². The van der Waals surface area contributed by atoms with Crippen LogP contribution in [0.3, 0.4) is 0 Å². The summed E-state index contributed by atoms with van der Waals surface area (Å²) in [5, 5.41) is 1.66. The number of fused-ring (bicyclic) bond motifs is 1. The Morgan fingerprint density at radius 3 is 2.84 bits per heavy atom. The van der Waals surface area contributed by atoms with E-state index in [9.17, 15) is 4.79 Å². The first-order valence-corrected chi connectivity index (χ1v) is 9.78. The zero-order valence-electron chi connectivity index (χ0n) is 14.9. The number of piperidine rings is 1. The van der Waals surface area contributed by atoms with Gasteiger partial charge in [-0.25, -0.2) is 0 Å². The third-order valence-corrected chi connectivity index (χ3v) is 5.75. The predicted octanol–water partition coefficient (Wildman–Crippen LogP) is 3.95. The van der Waals surface area contributed by atoms with E-state index in [1.54, 1.807) is 6.20 Å². The number of aromatic amines is 1. The van der Waals surface area contributed by atoms with Gasteiger partial charge in [0.1, 0.15) is 11.9 Å². The molecule has 2 aromatic rings. The normalized spacial score (nSPS) is 23.0. The van der Waals surface area contributed by atoms with Gasteiger partial charge in [-0.15, -0.1) is 0 Å². The number of pyridine rings is 1. The molecular weight excluding hydrogens is 312 g/mol. The molecule has 4 heteroatoms. The number of hydrogen-bond donors (Lipinski definition) is 1. The molecule has 25 heavy (non-hydrogen) atoms. The lowest BCUT2D eigenvalue weighted by atomic mass is 9.88. The van der Waals surface area contributed by atoms with E-state index in [2.05, 4.69) is 9.88 Å². The standard InChI is InChI=1S/C21H28N2O2/c24-21-20-9-8-18(13-17(20)10-11-22-21)25-19-7-4-12-23(15-19)14-16-5-2-1-3-6-16/h8-11,13,16,19H,1-7,12,14-15H2,(H,22,24). The van der Waals surface area contributed by atoms with Crippen molar-refractivity contribution in [1.29, 1.82) is 0 Å². The molecule has 4 rings (SSSR count). The topological polar surface area (TPSA) is 45.3 Å². The number of ether oxygens (including phenoxy) is 1. The minimum atomic E-state index is -0.0413. The van der Waals surface area contributed by atoms with Crippen LogP contribution in [0.2, 0.25) is 0 Å². The predicted molar refractivity (Wildman–Crippen MR) is 101 cm³/mol. The molecule has 2 aliphatic rings. The van der Waals surface area contributed by atoms with Gasteiger partial charge in [0.2, 0.25) is 0 Å². The first kappa shape index (κ1) is 16.6. The molecule has 0 spiro atoms. The summed E-state index contributed by atoms with van der Waals surface area (Å²) in [7, 11) is 0. The molecular formula is C21H28N2O2. The Hall–Kier alpha value is -1.81. The molecule has 1 aliphatic heterocycles. The van der Waals surface area contributed by atoms with Crippen molar-refractivity contribution >= 4 is 10.8 Å². The molecule has 1 saturated carbocycles. The maximum atomic E-state index is 11.8. The van der Waals surface area contributed by atoms with E-state index in [1.807, 2.05) is 24.3 Å². The molecule has 1 aromatic carbocycles. The Bertz CT molecular complexity index is 764. The fourth-order valence-corrected chi connectivity index (χ4v) is 4.45. The fourth-order valence-electron chi connectivity index (χ4n) is 4.45. The minimum absolute atomic E-state index is 0.0413. The van der Waals surface area contributed by atoms with Crippen LogP contribution < -0.4 is 10.3 Å². The van der Waals surface area contributed by atoms with Crippen LogP contribution in [0.1, 0.15) is 44.9 Å². The van der Waals surface area contributed by atoms with E-state index in [0.29, 0.717) is 0 Å². The average molecular weight is 340 g/mol. The summed E-state index contributed by atoms with van der Waals surface area (Å²) in [4.78, 5) is 17.1. The van der Waals surface area contributed by atoms with Gasteiger partial charge in [0.25, 0.3) is 5.56 Å². The maximum absolute atomic E-state index is 11.8. The summed E-state index contributed by atoms with van der Waals surface area (Å²) in [6.45, 7) is 3.49. The molecule has 1 aliphatic carbocycles. The van der Waals surface area contributed by atoms with Gasteiger partial charge in [0.05, 0.1) is 0 Å². The van der Waals surface area contributed by atoms with E-state index >= 15 is 0 Å². The molecule has 0 amide bonds. The van der Waals surface area contributed by atoms with Crippen molar-refractivity contribution in [1.82, 2.24) is 9.88 Å². The highest BCUT2D eigenvalue weighted by atomic mass is 16.5. The Kier molecular flexibility index (Phi) is 5.07. The van der Waals surface area contributed by atoms with Gasteiger partial charge in [-0.05, 0) is 67.8 Å². The number of H-pyrrole nitrogens is 1. The van der Waals surface area contributed by atoms with Crippen molar-refractivity contribution < 1.29 is 4.74 Å². The summed E-state index contributed by atoms with van der Waals surface area (Å²) in [6.07, 6.45) is 11.3. The van der Waals surface area contributed by atoms with E-state index in [1.165, 1.54) is 51.6 Å². The monoisotopic (exact) mass is 340 g/mol. The van der Waals surface area contributed by atoms with E-state index in [4.69, 9.17) is 4.74 Å². The van der Waals surface area contributed by atoms with Gasteiger partial charge in [-0.2, -0.15) is 0 Å². The zero-order valence-corrected chi connectivity index (χ0v) is 14.9. The van der Waals surface area contributed by atoms with Crippen LogP contribution >= 0.6 is 0 Å². The second kappa shape index (κ2) is 7.61. The van der Waals surface area contributed by atoms with E-state index in [-0.39, 0.29) is 11.7 Å². The highest BCUT2D eigenvalue weighted by Gasteiger charge is 2.24. The molecule has 1 aromatic heterocycles. The Morgan fingerprint density at radius 2 is 1.96 bits per heavy atom. The second-order valence-corrected chi connectivity index (χ2v) is 7.70. The third-order valence-electron chi connectivity index (χ3n) is 5.75. The molecule has 1 unspecified atom stereocenters. The van der Waals surface area contributed by atoms with Crippen LogP contribution in [-0.2, 0) is 0 Å². The minimum Gasteiger partial charge on any atom is -0.489 e. The van der Waals surface area contributed by atoms with Crippen molar-refractivity contribution in [3.63, 3.8) is 0 Å². The quantitative estimate of drug-likeness (QED) is 0.916. The largest absolute Gasteiger partial charge is 0.489 e. The lowest BCUT2D eigenvalue weighted by molar-refractivity contribution is 0.0738. The van der Waals surface area contributed by atoms with Gasteiger partial charge < -0.3 is 9.72 Å². The molecule has 2 heterocycles. The first-order valence-electron chi connectivity index (χ1n) is 9.78. The van der Waals surface area contributed by atoms with Crippen LogP contribution in [0, 0.1) is 5.92 Å². The smallest absolute Gasteiger partial charge is 0.255 e. The summed E-state index contributed by atoms with van der Waals surface area (Å²) in [6, 6.07) is 7.72. The molecule has 1 N–H and O–H groups in total. The summed E-state index contributed by atoms with van der Waals surface area (Å²) in [5.74, 6) is 1.77. The number of benzene rings is 1. The zero-order chi connectivity index (χ0) is 17.1. The second-order valence-electron chi connectivity index (χ2n) is 7.70. The van der Waals surface area contributed by atoms with Crippen molar-refractivity contribution in [3.05, 3.63) is 40.8 Å². The van der Waals surface area contributed by atoms with Crippen molar-refractivity contribution in [3.8, 4) is 5.75 Å². The lowest BCUT2D eigenvalue weighted by Gasteiger charge is -2.36. The first-order chi connectivity index (χ1) is 12.3. The molecule has 134 valence electrons. The molecule has 4 nitrogen and oxygen atoms in total. The number of aromatic nitrogens is 1. The number of rotatable bonds is 4. The van der Waals surface area contributed by atoms with Gasteiger partial charge >= 0.3 is 0 Å². The van der Waals surface area contributed by atoms with Gasteiger partial charge in [-0.3, -0.25) is 9.69 Å². The van der Waals surface area contributed by atoms with Crippen molar-refractivity contribution in [2.24, 2.45) is 5.92 Å². The highest BCUT2D eigenvalue weighted by molar-refractivity contribution is 5.82. The fraction of sp³-hybridized carbons (Fsp3) is 0.571. The van der Waals surface area contributed by atoms with Gasteiger partial charge in [0, 0.05) is 24.7 Å². The molecule has 2 fully saturated rings. The SMILES string of the molecule is O=c1[nH]ccc2cc(OC3CCCN(CC4CCCCC4)C3)ccc12. The van der Waals surface area contributed by atoms with Crippen LogP contribution in [-0.4, -0.2) is 35.6 Å². The molecule has 1 atom stereocenters. The summed E-state index contributed by atoms with van der Waals surface area (Å²) >= 11 is 0. The van der Waals surface area contributed by atoms with Crippen LogP contribution in [0.25, 0.3) is 10.8 Å². The molecule has 0 radical (unpaired) electrons. The Morgan fingerprint density at radius 1 is 1.08 bits per heavy atom. The van der Waals surface area contributed by atoms with E-state index in [0.717, 1.165) is 35.4 Å². The third kappa shape index (κ3) is 4.06. The van der Waals surface area contributed by atoms with Crippen LogP contribution in [0.15, 0.2) is 35.3 Å². The van der Waals surface area contributed by atoms with Gasteiger partial charge in [0.15, 0.2) is 0 Å². The van der Waals surface area contributed by atoms with Crippen LogP contribution in [0.4, 0.5) is 0 Å². The maximum Gasteiger partial charge on any atom is 0.255 e. The van der Waals surface area contributed by atoms with Crippen molar-refractivity contribution in [2.45, 2.75) is 51.0 Å². The van der Waals surface area contributed by atoms with Crippen LogP contribution in [0.5, 0.6) is 5.75 Å². The molecule has 0 bridgehead atoms.